The van der Waals surface area contributed by atoms with Crippen molar-refractivity contribution in [1.82, 2.24) is 20.0 Å². The first-order valence-corrected chi connectivity index (χ1v) is 8.39. The fourth-order valence-electron chi connectivity index (χ4n) is 3.66. The maximum atomic E-state index is 12.4. The van der Waals surface area contributed by atoms with Crippen molar-refractivity contribution in [2.24, 2.45) is 5.92 Å². The monoisotopic (exact) mass is 330 g/mol. The Morgan fingerprint density at radius 3 is 3.04 bits per heavy atom. The lowest BCUT2D eigenvalue weighted by Crippen LogP contribution is -2.48. The number of nitrogens with zero attached hydrogens (tertiary/aromatic N) is 3. The minimum absolute atomic E-state index is 0.161. The summed E-state index contributed by atoms with van der Waals surface area (Å²) in [6, 6.07) is 7.61. The molecule has 5 nitrogen and oxygen atoms in total. The summed E-state index contributed by atoms with van der Waals surface area (Å²) >= 11 is 6.02. The summed E-state index contributed by atoms with van der Waals surface area (Å²) in [5.41, 5.74) is 1.84. The summed E-state index contributed by atoms with van der Waals surface area (Å²) in [6.07, 6.45) is 5.77. The summed E-state index contributed by atoms with van der Waals surface area (Å²) in [5.74, 6) is 0.730. The number of rotatable bonds is 2. The Labute approximate surface area is 140 Å². The molecular formula is C17H19ClN4O. The average molecular weight is 331 g/mol. The highest BCUT2D eigenvalue weighted by Gasteiger charge is 2.33. The van der Waals surface area contributed by atoms with E-state index in [1.54, 1.807) is 12.4 Å². The van der Waals surface area contributed by atoms with Crippen LogP contribution in [0.1, 0.15) is 12.8 Å². The van der Waals surface area contributed by atoms with Gasteiger partial charge in [-0.25, -0.2) is 4.79 Å². The maximum Gasteiger partial charge on any atom is 0.342 e. The van der Waals surface area contributed by atoms with Gasteiger partial charge >= 0.3 is 6.03 Å². The molecule has 2 aliphatic heterocycles. The SMILES string of the molecule is O=C(NC1CC2CCN(C2)C1)n1cc(-c2cccc(Cl)c2)cn1. The van der Waals surface area contributed by atoms with Gasteiger partial charge in [0.05, 0.1) is 6.20 Å². The molecule has 6 heteroatoms. The zero-order valence-corrected chi connectivity index (χ0v) is 13.5. The Morgan fingerprint density at radius 1 is 1.30 bits per heavy atom. The highest BCUT2D eigenvalue weighted by atomic mass is 35.5. The molecule has 3 atom stereocenters. The minimum atomic E-state index is -0.161. The van der Waals surface area contributed by atoms with Crippen molar-refractivity contribution in [2.75, 3.05) is 19.6 Å². The molecule has 3 heterocycles. The van der Waals surface area contributed by atoms with Crippen LogP contribution in [0.3, 0.4) is 0 Å². The number of hydrogen-bond acceptors (Lipinski definition) is 3. The van der Waals surface area contributed by atoms with Crippen LogP contribution in [0.15, 0.2) is 36.7 Å². The van der Waals surface area contributed by atoms with Crippen molar-refractivity contribution in [2.45, 2.75) is 18.9 Å². The van der Waals surface area contributed by atoms with Gasteiger partial charge in [-0.3, -0.25) is 0 Å². The van der Waals surface area contributed by atoms with Gasteiger partial charge in [0.25, 0.3) is 0 Å². The molecule has 1 aromatic carbocycles. The van der Waals surface area contributed by atoms with Crippen molar-refractivity contribution in [3.63, 3.8) is 0 Å². The molecule has 0 spiro atoms. The van der Waals surface area contributed by atoms with Crippen LogP contribution in [-0.4, -0.2) is 46.4 Å². The Balaban J connectivity index is 1.45. The molecule has 1 N–H and O–H groups in total. The van der Waals surface area contributed by atoms with Gasteiger partial charge in [0, 0.05) is 35.9 Å². The van der Waals surface area contributed by atoms with Crippen LogP contribution in [0.4, 0.5) is 4.79 Å². The summed E-state index contributed by atoms with van der Waals surface area (Å²) < 4.78 is 1.38. The molecule has 0 radical (unpaired) electrons. The van der Waals surface area contributed by atoms with Crippen molar-refractivity contribution in [3.05, 3.63) is 41.7 Å². The second-order valence-electron chi connectivity index (χ2n) is 6.48. The van der Waals surface area contributed by atoms with Gasteiger partial charge in [0.2, 0.25) is 0 Å². The predicted octanol–water partition coefficient (Wildman–Crippen LogP) is 2.86. The Hall–Kier alpha value is -1.85. The highest BCUT2D eigenvalue weighted by Crippen LogP contribution is 2.27. The van der Waals surface area contributed by atoms with Crippen LogP contribution in [0.25, 0.3) is 11.1 Å². The second-order valence-corrected chi connectivity index (χ2v) is 6.92. The van der Waals surface area contributed by atoms with Crippen LogP contribution < -0.4 is 5.32 Å². The van der Waals surface area contributed by atoms with E-state index in [2.05, 4.69) is 15.3 Å². The van der Waals surface area contributed by atoms with E-state index in [0.29, 0.717) is 5.02 Å². The number of nitrogens with one attached hydrogen (secondary N) is 1. The van der Waals surface area contributed by atoms with Crippen LogP contribution in [-0.2, 0) is 0 Å². The Kier molecular flexibility index (Phi) is 3.83. The normalized spacial score (nSPS) is 26.2. The zero-order valence-electron chi connectivity index (χ0n) is 12.8. The summed E-state index contributed by atoms with van der Waals surface area (Å²) in [7, 11) is 0. The molecule has 4 rings (SSSR count). The molecule has 2 fully saturated rings. The first-order valence-electron chi connectivity index (χ1n) is 8.01. The van der Waals surface area contributed by atoms with Crippen LogP contribution >= 0.6 is 11.6 Å². The highest BCUT2D eigenvalue weighted by molar-refractivity contribution is 6.30. The molecule has 23 heavy (non-hydrogen) atoms. The molecule has 2 saturated heterocycles. The molecule has 120 valence electrons. The van der Waals surface area contributed by atoms with Crippen LogP contribution in [0.5, 0.6) is 0 Å². The molecule has 2 bridgehead atoms. The topological polar surface area (TPSA) is 50.2 Å². The first-order chi connectivity index (χ1) is 11.2. The van der Waals surface area contributed by atoms with Crippen molar-refractivity contribution >= 4 is 17.6 Å². The van der Waals surface area contributed by atoms with E-state index in [4.69, 9.17) is 11.6 Å². The quantitative estimate of drug-likeness (QED) is 0.921. The van der Waals surface area contributed by atoms with E-state index in [9.17, 15) is 4.79 Å². The van der Waals surface area contributed by atoms with Crippen molar-refractivity contribution in [1.29, 1.82) is 0 Å². The lowest BCUT2D eigenvalue weighted by atomic mass is 9.97. The lowest BCUT2D eigenvalue weighted by molar-refractivity contribution is 0.204. The number of benzene rings is 1. The van der Waals surface area contributed by atoms with E-state index >= 15 is 0 Å². The molecule has 2 aromatic rings. The Bertz CT molecular complexity index is 717. The fraction of sp³-hybridized carbons (Fsp3) is 0.412. The maximum absolute atomic E-state index is 12.4. The number of carbonyl (C=O) groups is 1. The number of fused-ring (bicyclic) bond motifs is 2. The molecule has 1 aromatic heterocycles. The fourth-order valence-corrected chi connectivity index (χ4v) is 3.85. The number of piperidine rings is 1. The predicted molar refractivity (Wildman–Crippen MR) is 89.6 cm³/mol. The lowest BCUT2D eigenvalue weighted by Gasteiger charge is -2.30. The molecule has 0 aliphatic carbocycles. The number of halogens is 1. The molecule has 3 unspecified atom stereocenters. The number of amides is 1. The number of carbonyl (C=O) groups excluding carboxylic acids is 1. The third-order valence-electron chi connectivity index (χ3n) is 4.74. The average Bonchev–Trinajstić information content (AvgIpc) is 3.14. The van der Waals surface area contributed by atoms with Gasteiger partial charge in [-0.2, -0.15) is 9.78 Å². The molecule has 2 aliphatic rings. The second kappa shape index (κ2) is 5.98. The summed E-state index contributed by atoms with van der Waals surface area (Å²) in [4.78, 5) is 14.8. The molecular weight excluding hydrogens is 312 g/mol. The van der Waals surface area contributed by atoms with Gasteiger partial charge in [0.15, 0.2) is 0 Å². The standard InChI is InChI=1S/C17H19ClN4O/c18-15-3-1-2-13(7-15)14-8-19-22(10-14)17(23)20-16-6-12-4-5-21(9-12)11-16/h1-3,7-8,10,12,16H,4-6,9,11H2,(H,20,23). The van der Waals surface area contributed by atoms with E-state index in [1.165, 1.54) is 17.6 Å². The number of hydrogen-bond donors (Lipinski definition) is 1. The number of aromatic nitrogens is 2. The largest absolute Gasteiger partial charge is 0.342 e. The summed E-state index contributed by atoms with van der Waals surface area (Å²) in [6.45, 7) is 3.30. The van der Waals surface area contributed by atoms with Gasteiger partial charge < -0.3 is 10.2 Å². The zero-order chi connectivity index (χ0) is 15.8. The van der Waals surface area contributed by atoms with E-state index in [0.717, 1.165) is 36.6 Å². The van der Waals surface area contributed by atoms with E-state index in [1.807, 2.05) is 24.3 Å². The Morgan fingerprint density at radius 2 is 2.22 bits per heavy atom. The smallest absolute Gasteiger partial charge is 0.332 e. The third kappa shape index (κ3) is 3.12. The van der Waals surface area contributed by atoms with Crippen molar-refractivity contribution < 1.29 is 4.79 Å². The molecule has 1 amide bonds. The van der Waals surface area contributed by atoms with Gasteiger partial charge in [-0.15, -0.1) is 0 Å². The van der Waals surface area contributed by atoms with Crippen LogP contribution in [0.2, 0.25) is 5.02 Å². The van der Waals surface area contributed by atoms with Gasteiger partial charge in [-0.05, 0) is 43.0 Å². The van der Waals surface area contributed by atoms with Crippen LogP contribution in [0, 0.1) is 5.92 Å². The summed E-state index contributed by atoms with van der Waals surface area (Å²) in [5, 5.41) is 7.97. The van der Waals surface area contributed by atoms with Gasteiger partial charge in [-0.1, -0.05) is 23.7 Å². The van der Waals surface area contributed by atoms with Gasteiger partial charge in [0.1, 0.15) is 0 Å². The van der Waals surface area contributed by atoms with E-state index < -0.39 is 0 Å². The third-order valence-corrected chi connectivity index (χ3v) is 4.98. The molecule has 0 saturated carbocycles. The van der Waals surface area contributed by atoms with E-state index in [-0.39, 0.29) is 12.1 Å². The minimum Gasteiger partial charge on any atom is -0.332 e. The first kappa shape index (κ1) is 14.7. The van der Waals surface area contributed by atoms with Crippen molar-refractivity contribution in [3.8, 4) is 11.1 Å².